The fourth-order valence-corrected chi connectivity index (χ4v) is 1.18. The van der Waals surface area contributed by atoms with Crippen LogP contribution in [-0.2, 0) is 6.42 Å². The lowest BCUT2D eigenvalue weighted by molar-refractivity contribution is 0.633. The first-order chi connectivity index (χ1) is 7.22. The van der Waals surface area contributed by atoms with Gasteiger partial charge in [0.25, 0.3) is 0 Å². The van der Waals surface area contributed by atoms with Crippen molar-refractivity contribution in [2.75, 3.05) is 14.1 Å². The van der Waals surface area contributed by atoms with Crippen LogP contribution in [0.5, 0.6) is 0 Å². The van der Waals surface area contributed by atoms with Crippen LogP contribution < -0.4 is 0 Å². The Balaban J connectivity index is 2.60. The topological polar surface area (TPSA) is 39.4 Å². The third-order valence-electron chi connectivity index (χ3n) is 1.90. The van der Waals surface area contributed by atoms with Crippen molar-refractivity contribution in [3.05, 3.63) is 35.9 Å². The zero-order valence-corrected chi connectivity index (χ0v) is 9.09. The second-order valence-corrected chi connectivity index (χ2v) is 3.56. The normalized spacial score (nSPS) is 12.3. The first kappa shape index (κ1) is 11.3. The van der Waals surface area contributed by atoms with Gasteiger partial charge < -0.3 is 4.90 Å². The quantitative estimate of drug-likeness (QED) is 0.549. The molecule has 0 aromatic heterocycles. The Morgan fingerprint density at radius 3 is 2.60 bits per heavy atom. The summed E-state index contributed by atoms with van der Waals surface area (Å²) < 4.78 is 0. The molecule has 0 aliphatic carbocycles. The lowest BCUT2D eigenvalue weighted by Crippen LogP contribution is -2.13. The van der Waals surface area contributed by atoms with Crippen molar-refractivity contribution in [1.82, 2.24) is 4.90 Å². The molecule has 3 nitrogen and oxygen atoms in total. The van der Waals surface area contributed by atoms with Crippen LogP contribution in [0, 0.1) is 11.3 Å². The van der Waals surface area contributed by atoms with Crippen molar-refractivity contribution in [3.63, 3.8) is 0 Å². The van der Waals surface area contributed by atoms with E-state index in [4.69, 9.17) is 5.26 Å². The minimum absolute atomic E-state index is 0.296. The van der Waals surface area contributed by atoms with Crippen LogP contribution in [0.3, 0.4) is 0 Å². The summed E-state index contributed by atoms with van der Waals surface area (Å²) in [6.45, 7) is 0. The summed E-state index contributed by atoms with van der Waals surface area (Å²) >= 11 is 0. The maximum absolute atomic E-state index is 8.92. The van der Waals surface area contributed by atoms with E-state index >= 15 is 0 Å². The number of nitrogens with zero attached hydrogens (tertiary/aromatic N) is 3. The SMILES string of the molecule is CN(C)C=NC(C#N)Cc1ccccc1. The number of hydrogen-bond acceptors (Lipinski definition) is 2. The molecule has 1 unspecified atom stereocenters. The first-order valence-electron chi connectivity index (χ1n) is 4.85. The smallest absolute Gasteiger partial charge is 0.142 e. The van der Waals surface area contributed by atoms with Crippen LogP contribution in [0.4, 0.5) is 0 Å². The van der Waals surface area contributed by atoms with Crippen LogP contribution in [0.25, 0.3) is 0 Å². The van der Waals surface area contributed by atoms with E-state index in [9.17, 15) is 0 Å². The molecule has 15 heavy (non-hydrogen) atoms. The summed E-state index contributed by atoms with van der Waals surface area (Å²) in [5, 5.41) is 8.92. The van der Waals surface area contributed by atoms with Gasteiger partial charge >= 0.3 is 0 Å². The van der Waals surface area contributed by atoms with Gasteiger partial charge in [-0.1, -0.05) is 30.3 Å². The molecular formula is C12H15N3. The lowest BCUT2D eigenvalue weighted by atomic mass is 10.1. The van der Waals surface area contributed by atoms with Crippen molar-refractivity contribution >= 4 is 6.34 Å². The van der Waals surface area contributed by atoms with Crippen LogP contribution in [0.15, 0.2) is 35.3 Å². The maximum Gasteiger partial charge on any atom is 0.142 e. The summed E-state index contributed by atoms with van der Waals surface area (Å²) in [5.41, 5.74) is 1.14. The van der Waals surface area contributed by atoms with Gasteiger partial charge in [-0.3, -0.25) is 4.99 Å². The number of nitriles is 1. The van der Waals surface area contributed by atoms with Crippen LogP contribution in [-0.4, -0.2) is 31.4 Å². The second-order valence-electron chi connectivity index (χ2n) is 3.56. The predicted molar refractivity (Wildman–Crippen MR) is 61.7 cm³/mol. The van der Waals surface area contributed by atoms with Crippen LogP contribution in [0.1, 0.15) is 5.56 Å². The Morgan fingerprint density at radius 2 is 2.07 bits per heavy atom. The molecule has 0 heterocycles. The summed E-state index contributed by atoms with van der Waals surface area (Å²) in [7, 11) is 3.78. The van der Waals surface area contributed by atoms with Gasteiger partial charge in [0.15, 0.2) is 0 Å². The third-order valence-corrected chi connectivity index (χ3v) is 1.90. The largest absolute Gasteiger partial charge is 0.369 e. The minimum Gasteiger partial charge on any atom is -0.369 e. The van der Waals surface area contributed by atoms with E-state index in [2.05, 4.69) is 11.1 Å². The van der Waals surface area contributed by atoms with Gasteiger partial charge in [0.2, 0.25) is 0 Å². The third kappa shape index (κ3) is 4.28. The van der Waals surface area contributed by atoms with Crippen LogP contribution >= 0.6 is 0 Å². The number of aliphatic imine (C=N–C) groups is 1. The average Bonchev–Trinajstić information content (AvgIpc) is 2.25. The molecule has 0 aliphatic rings. The standard InChI is InChI=1S/C12H15N3/c1-15(2)10-14-12(9-13)8-11-6-4-3-5-7-11/h3-7,10,12H,8H2,1-2H3. The molecule has 0 aliphatic heterocycles. The van der Waals surface area contributed by atoms with E-state index in [0.29, 0.717) is 6.42 Å². The minimum atomic E-state index is -0.296. The van der Waals surface area contributed by atoms with Crippen molar-refractivity contribution in [1.29, 1.82) is 5.26 Å². The summed E-state index contributed by atoms with van der Waals surface area (Å²) in [6, 6.07) is 11.8. The van der Waals surface area contributed by atoms with E-state index in [1.165, 1.54) is 0 Å². The fraction of sp³-hybridized carbons (Fsp3) is 0.333. The highest BCUT2D eigenvalue weighted by molar-refractivity contribution is 5.54. The van der Waals surface area contributed by atoms with Crippen molar-refractivity contribution in [2.24, 2.45) is 4.99 Å². The zero-order chi connectivity index (χ0) is 11.1. The fourth-order valence-electron chi connectivity index (χ4n) is 1.18. The van der Waals surface area contributed by atoms with Gasteiger partial charge in [0.1, 0.15) is 6.04 Å². The zero-order valence-electron chi connectivity index (χ0n) is 9.09. The van der Waals surface area contributed by atoms with Crippen molar-refractivity contribution in [3.8, 4) is 6.07 Å². The second kappa shape index (κ2) is 5.82. The van der Waals surface area contributed by atoms with E-state index in [-0.39, 0.29) is 6.04 Å². The maximum atomic E-state index is 8.92. The molecule has 3 heteroatoms. The van der Waals surface area contributed by atoms with Gasteiger partial charge in [0.05, 0.1) is 12.4 Å². The molecule has 0 saturated heterocycles. The molecule has 78 valence electrons. The Hall–Kier alpha value is -1.82. The molecule has 0 N–H and O–H groups in total. The Bertz CT molecular complexity index is 349. The molecule has 0 spiro atoms. The summed E-state index contributed by atoms with van der Waals surface area (Å²) in [5.74, 6) is 0. The molecule has 0 fully saturated rings. The van der Waals surface area contributed by atoms with E-state index in [1.54, 1.807) is 6.34 Å². The molecule has 0 radical (unpaired) electrons. The summed E-state index contributed by atoms with van der Waals surface area (Å²) in [6.07, 6.45) is 2.35. The molecule has 0 saturated carbocycles. The molecule has 0 bridgehead atoms. The van der Waals surface area contributed by atoms with Crippen molar-refractivity contribution in [2.45, 2.75) is 12.5 Å². The lowest BCUT2D eigenvalue weighted by Gasteiger charge is -2.06. The highest BCUT2D eigenvalue weighted by atomic mass is 15.1. The first-order valence-corrected chi connectivity index (χ1v) is 4.85. The molecule has 0 amide bonds. The molecule has 1 rings (SSSR count). The number of benzene rings is 1. The predicted octanol–water partition coefficient (Wildman–Crippen LogP) is 1.71. The number of hydrogen-bond donors (Lipinski definition) is 0. The van der Waals surface area contributed by atoms with Gasteiger partial charge in [-0.2, -0.15) is 5.26 Å². The average molecular weight is 201 g/mol. The van der Waals surface area contributed by atoms with E-state index in [0.717, 1.165) is 5.56 Å². The van der Waals surface area contributed by atoms with Gasteiger partial charge in [-0.25, -0.2) is 0 Å². The van der Waals surface area contributed by atoms with E-state index in [1.807, 2.05) is 49.3 Å². The Labute approximate surface area is 90.7 Å². The molecule has 1 aromatic carbocycles. The van der Waals surface area contributed by atoms with E-state index < -0.39 is 0 Å². The summed E-state index contributed by atoms with van der Waals surface area (Å²) in [4.78, 5) is 6.01. The highest BCUT2D eigenvalue weighted by Gasteiger charge is 2.04. The number of rotatable bonds is 4. The molecular weight excluding hydrogens is 186 g/mol. The van der Waals surface area contributed by atoms with Crippen molar-refractivity contribution < 1.29 is 0 Å². The molecule has 1 atom stereocenters. The van der Waals surface area contributed by atoms with Gasteiger partial charge in [-0.05, 0) is 5.56 Å². The van der Waals surface area contributed by atoms with Crippen LogP contribution in [0.2, 0.25) is 0 Å². The molecule has 1 aromatic rings. The van der Waals surface area contributed by atoms with Gasteiger partial charge in [-0.15, -0.1) is 0 Å². The monoisotopic (exact) mass is 201 g/mol. The Morgan fingerprint density at radius 1 is 1.40 bits per heavy atom. The highest BCUT2D eigenvalue weighted by Crippen LogP contribution is 2.04. The Kier molecular flexibility index (Phi) is 4.36. The van der Waals surface area contributed by atoms with Gasteiger partial charge in [0, 0.05) is 20.5 Å².